The van der Waals surface area contributed by atoms with E-state index in [0.29, 0.717) is 48.6 Å². The van der Waals surface area contributed by atoms with Crippen LogP contribution in [-0.2, 0) is 30.1 Å². The van der Waals surface area contributed by atoms with Gasteiger partial charge < -0.3 is 18.6 Å². The minimum Gasteiger partial charge on any atom is -0.497 e. The molecule has 6 nitrogen and oxygen atoms in total. The molecule has 0 spiro atoms. The van der Waals surface area contributed by atoms with Crippen molar-refractivity contribution in [2.24, 2.45) is 5.92 Å². The van der Waals surface area contributed by atoms with Crippen molar-refractivity contribution in [2.75, 3.05) is 26.7 Å². The van der Waals surface area contributed by atoms with E-state index in [4.69, 9.17) is 25.5 Å². The third kappa shape index (κ3) is 14.0. The molecule has 2 atom stereocenters. The van der Waals surface area contributed by atoms with Gasteiger partial charge in [-0.3, -0.25) is 9.59 Å². The molecule has 45 heavy (non-hydrogen) atoms. The Labute approximate surface area is 279 Å². The molecule has 254 valence electrons. The Bertz CT molecular complexity index is 1080. The first kappa shape index (κ1) is 40.8. The second-order valence-electron chi connectivity index (χ2n) is 12.9. The minimum atomic E-state index is -2.12. The van der Waals surface area contributed by atoms with E-state index < -0.39 is 14.3 Å². The summed E-state index contributed by atoms with van der Waals surface area (Å²) in [6, 6.07) is 7.91. The lowest BCUT2D eigenvalue weighted by atomic mass is 9.96. The summed E-state index contributed by atoms with van der Waals surface area (Å²) in [5.41, 5.74) is 4.93. The first-order valence-electron chi connectivity index (χ1n) is 16.4. The first-order valence-corrected chi connectivity index (χ1v) is 19.0. The highest BCUT2D eigenvalue weighted by molar-refractivity contribution is 6.77. The SMILES string of the molecule is COC(=O)CC(=O)CC/C=C/C=C/[C@H](C)[C@H](CC/C(C)=C(\CCl)COCc1ccc(OC)cc1)O[Si](C(C)C)(C(C)C)C(C)C. The van der Waals surface area contributed by atoms with E-state index in [2.05, 4.69) is 72.3 Å². The molecule has 0 aliphatic rings. The number of benzene rings is 1. The van der Waals surface area contributed by atoms with Gasteiger partial charge in [-0.25, -0.2) is 0 Å². The molecule has 1 aromatic rings. The van der Waals surface area contributed by atoms with Crippen LogP contribution in [-0.4, -0.2) is 52.9 Å². The topological polar surface area (TPSA) is 71.1 Å². The lowest BCUT2D eigenvalue weighted by Crippen LogP contribution is -2.51. The summed E-state index contributed by atoms with van der Waals surface area (Å²) in [6.07, 6.45) is 10.8. The fourth-order valence-corrected chi connectivity index (χ4v) is 12.0. The van der Waals surface area contributed by atoms with E-state index in [0.717, 1.165) is 29.7 Å². The van der Waals surface area contributed by atoms with E-state index in [1.807, 2.05) is 36.4 Å². The van der Waals surface area contributed by atoms with Gasteiger partial charge in [-0.15, -0.1) is 11.6 Å². The molecular weight excluding hydrogens is 604 g/mol. The molecular formula is C37H59ClO6Si. The number of halogens is 1. The van der Waals surface area contributed by atoms with Crippen LogP contribution >= 0.6 is 11.6 Å². The number of ketones is 1. The number of hydrogen-bond acceptors (Lipinski definition) is 6. The van der Waals surface area contributed by atoms with Crippen molar-refractivity contribution < 1.29 is 28.2 Å². The molecule has 0 radical (unpaired) electrons. The van der Waals surface area contributed by atoms with Gasteiger partial charge in [-0.2, -0.15) is 0 Å². The molecule has 0 saturated heterocycles. The van der Waals surface area contributed by atoms with Crippen molar-refractivity contribution in [3.05, 3.63) is 65.3 Å². The van der Waals surface area contributed by atoms with Crippen molar-refractivity contribution in [3.63, 3.8) is 0 Å². The van der Waals surface area contributed by atoms with Crippen molar-refractivity contribution >= 4 is 31.7 Å². The summed E-state index contributed by atoms with van der Waals surface area (Å²) >= 11 is 6.41. The third-order valence-corrected chi connectivity index (χ3v) is 15.2. The number of carbonyl (C=O) groups is 2. The van der Waals surface area contributed by atoms with Crippen LogP contribution in [0.2, 0.25) is 16.6 Å². The number of rotatable bonds is 22. The molecule has 0 bridgehead atoms. The zero-order valence-electron chi connectivity index (χ0n) is 29.5. The van der Waals surface area contributed by atoms with Crippen molar-refractivity contribution in [1.29, 1.82) is 0 Å². The Hall–Kier alpha value is -2.19. The predicted molar refractivity (Wildman–Crippen MR) is 190 cm³/mol. The molecule has 1 rings (SSSR count). The summed E-state index contributed by atoms with van der Waals surface area (Å²) < 4.78 is 23.2. The largest absolute Gasteiger partial charge is 0.497 e. The Morgan fingerprint density at radius 3 is 2.07 bits per heavy atom. The van der Waals surface area contributed by atoms with Gasteiger partial charge in [0, 0.05) is 12.3 Å². The number of methoxy groups -OCH3 is 2. The molecule has 0 N–H and O–H groups in total. The highest BCUT2D eigenvalue weighted by atomic mass is 35.5. The fourth-order valence-electron chi connectivity index (χ4n) is 6.03. The Morgan fingerprint density at radius 1 is 0.911 bits per heavy atom. The number of hydrogen-bond donors (Lipinski definition) is 0. The highest BCUT2D eigenvalue weighted by Gasteiger charge is 2.47. The van der Waals surface area contributed by atoms with Gasteiger partial charge in [0.15, 0.2) is 0 Å². The second kappa shape index (κ2) is 21.6. The predicted octanol–water partition coefficient (Wildman–Crippen LogP) is 9.77. The molecule has 8 heteroatoms. The van der Waals surface area contributed by atoms with Gasteiger partial charge in [0.2, 0.25) is 8.32 Å². The molecule has 1 aromatic carbocycles. The van der Waals surface area contributed by atoms with Crippen LogP contribution in [0.3, 0.4) is 0 Å². The van der Waals surface area contributed by atoms with E-state index in [1.165, 1.54) is 12.7 Å². The molecule has 0 aromatic heterocycles. The maximum absolute atomic E-state index is 11.9. The van der Waals surface area contributed by atoms with E-state index in [-0.39, 0.29) is 24.2 Å². The van der Waals surface area contributed by atoms with Crippen LogP contribution in [0.1, 0.15) is 93.1 Å². The quantitative estimate of drug-likeness (QED) is 0.0307. The van der Waals surface area contributed by atoms with Crippen molar-refractivity contribution in [3.8, 4) is 5.75 Å². The average Bonchev–Trinajstić information content (AvgIpc) is 3.00. The van der Waals surface area contributed by atoms with Crippen molar-refractivity contribution in [2.45, 2.75) is 117 Å². The summed E-state index contributed by atoms with van der Waals surface area (Å²) in [4.78, 5) is 23.2. The van der Waals surface area contributed by atoms with Gasteiger partial charge >= 0.3 is 5.97 Å². The van der Waals surface area contributed by atoms with Gasteiger partial charge in [-0.05, 0) is 72.0 Å². The Kier molecular flexibility index (Phi) is 19.6. The van der Waals surface area contributed by atoms with Crippen molar-refractivity contribution in [1.82, 2.24) is 0 Å². The first-order chi connectivity index (χ1) is 21.3. The number of allylic oxidation sites excluding steroid dienone is 4. The fraction of sp³-hybridized carbons (Fsp3) is 0.622. The number of ether oxygens (including phenoxy) is 3. The Morgan fingerprint density at radius 2 is 1.53 bits per heavy atom. The molecule has 0 unspecified atom stereocenters. The van der Waals surface area contributed by atoms with E-state index >= 15 is 0 Å². The normalized spacial score (nSPS) is 14.4. The number of esters is 1. The molecule has 0 amide bonds. The molecule has 0 aliphatic carbocycles. The summed E-state index contributed by atoms with van der Waals surface area (Å²) in [5.74, 6) is 0.858. The van der Waals surface area contributed by atoms with Crippen LogP contribution in [0.25, 0.3) is 0 Å². The summed E-state index contributed by atoms with van der Waals surface area (Å²) in [6.45, 7) is 19.4. The molecule has 0 saturated carbocycles. The Balaban J connectivity index is 3.02. The molecule has 0 heterocycles. The number of alkyl halides is 1. The average molecular weight is 663 g/mol. The van der Waals surface area contributed by atoms with Crippen LogP contribution in [0.5, 0.6) is 5.75 Å². The lowest BCUT2D eigenvalue weighted by molar-refractivity contribution is -0.143. The van der Waals surface area contributed by atoms with E-state index in [9.17, 15) is 9.59 Å². The van der Waals surface area contributed by atoms with Crippen LogP contribution in [0.4, 0.5) is 0 Å². The third-order valence-electron chi connectivity index (χ3n) is 8.74. The van der Waals surface area contributed by atoms with Gasteiger partial charge in [0.1, 0.15) is 18.0 Å². The maximum atomic E-state index is 11.9. The van der Waals surface area contributed by atoms with Crippen LogP contribution < -0.4 is 4.74 Å². The van der Waals surface area contributed by atoms with E-state index in [1.54, 1.807) is 7.11 Å². The standard InChI is InChI=1S/C37H59ClO6Si/c1-27(2)45(28(3)4,29(5)6)44-36(31(8)15-13-11-12-14-16-34(39)23-37(40)42-10)22-17-30(7)33(24-38)26-43-25-32-18-20-35(41-9)21-19-32/h11-13,15,18-21,27-29,31,36H,14,16-17,22-26H2,1-10H3/b12-11+,15-13+,33-30+/t31-,36-/m0/s1. The zero-order valence-corrected chi connectivity index (χ0v) is 31.2. The minimum absolute atomic E-state index is 0.0573. The maximum Gasteiger partial charge on any atom is 0.313 e. The van der Waals surface area contributed by atoms with Gasteiger partial charge in [-0.1, -0.05) is 90.5 Å². The highest BCUT2D eigenvalue weighted by Crippen LogP contribution is 2.44. The van der Waals surface area contributed by atoms with Gasteiger partial charge in [0.05, 0.1) is 33.5 Å². The number of Topliss-reactive ketones (excluding diaryl/α,β-unsaturated/α-hetero) is 1. The van der Waals surface area contributed by atoms with Gasteiger partial charge in [0.25, 0.3) is 0 Å². The molecule has 0 fully saturated rings. The monoisotopic (exact) mass is 662 g/mol. The summed E-state index contributed by atoms with van der Waals surface area (Å²) in [5, 5.41) is 0. The van der Waals surface area contributed by atoms with Crippen LogP contribution in [0.15, 0.2) is 59.7 Å². The number of carbonyl (C=O) groups excluding carboxylic acids is 2. The van der Waals surface area contributed by atoms with Crippen LogP contribution in [0, 0.1) is 5.92 Å². The smallest absolute Gasteiger partial charge is 0.313 e. The molecule has 0 aliphatic heterocycles. The second-order valence-corrected chi connectivity index (χ2v) is 18.5. The zero-order chi connectivity index (χ0) is 34.0. The lowest BCUT2D eigenvalue weighted by Gasteiger charge is -2.45. The summed E-state index contributed by atoms with van der Waals surface area (Å²) in [7, 11) is 0.838.